The molecule has 0 radical (unpaired) electrons. The quantitative estimate of drug-likeness (QED) is 0.607. The number of carbonyl (C=O) groups excluding carboxylic acids is 1. The molecule has 0 unspecified atom stereocenters. The Morgan fingerprint density at radius 2 is 2.06 bits per heavy atom. The van der Waals surface area contributed by atoms with Crippen molar-refractivity contribution < 1.29 is 14.3 Å². The predicted molar refractivity (Wildman–Crippen MR) is 127 cm³/mol. The Morgan fingerprint density at radius 1 is 1.28 bits per heavy atom. The summed E-state index contributed by atoms with van der Waals surface area (Å²) in [6.45, 7) is 8.85. The molecular weight excluding hydrogens is 406 g/mol. The molecular formula is C24H35N5O3. The van der Waals surface area contributed by atoms with Gasteiger partial charge in [-0.05, 0) is 56.3 Å². The molecule has 1 aromatic heterocycles. The van der Waals surface area contributed by atoms with Crippen LogP contribution in [-0.4, -0.2) is 74.3 Å². The smallest absolute Gasteiger partial charge is 0.259 e. The van der Waals surface area contributed by atoms with Gasteiger partial charge in [0.05, 0.1) is 13.2 Å². The first-order chi connectivity index (χ1) is 15.2. The number of anilines is 2. The van der Waals surface area contributed by atoms with Gasteiger partial charge in [0.15, 0.2) is 0 Å². The van der Waals surface area contributed by atoms with Crippen LogP contribution in [0.15, 0.2) is 30.5 Å². The van der Waals surface area contributed by atoms with E-state index in [1.165, 1.54) is 0 Å². The van der Waals surface area contributed by atoms with E-state index >= 15 is 0 Å². The van der Waals surface area contributed by atoms with Crippen molar-refractivity contribution in [3.8, 4) is 5.75 Å². The van der Waals surface area contributed by atoms with E-state index in [1.807, 2.05) is 39.2 Å². The van der Waals surface area contributed by atoms with Gasteiger partial charge in [0.1, 0.15) is 11.6 Å². The average molecular weight is 442 g/mol. The van der Waals surface area contributed by atoms with Gasteiger partial charge in [-0.25, -0.2) is 4.98 Å². The number of amides is 1. The third kappa shape index (κ3) is 6.17. The molecule has 3 rings (SSSR count). The highest BCUT2D eigenvalue weighted by atomic mass is 16.5. The summed E-state index contributed by atoms with van der Waals surface area (Å²) < 4.78 is 10.8. The highest BCUT2D eigenvalue weighted by molar-refractivity contribution is 6.06. The number of hydrogen-bond acceptors (Lipinski definition) is 7. The maximum atomic E-state index is 13.7. The van der Waals surface area contributed by atoms with Crippen molar-refractivity contribution in [3.05, 3.63) is 41.6 Å². The predicted octanol–water partition coefficient (Wildman–Crippen LogP) is 3.09. The number of aromatic nitrogens is 2. The number of methoxy groups -OCH3 is 1. The molecule has 174 valence electrons. The first-order valence-electron chi connectivity index (χ1n) is 11.0. The number of carbonyl (C=O) groups is 1. The van der Waals surface area contributed by atoms with Crippen LogP contribution in [0.5, 0.6) is 5.75 Å². The molecule has 1 aromatic carbocycles. The van der Waals surface area contributed by atoms with E-state index in [0.717, 1.165) is 24.3 Å². The molecule has 0 spiro atoms. The summed E-state index contributed by atoms with van der Waals surface area (Å²) in [6, 6.07) is 7.49. The van der Waals surface area contributed by atoms with Crippen molar-refractivity contribution in [1.29, 1.82) is 0 Å². The van der Waals surface area contributed by atoms with Gasteiger partial charge in [-0.3, -0.25) is 9.69 Å². The Labute approximate surface area is 190 Å². The Hall–Kier alpha value is -2.71. The lowest BCUT2D eigenvalue weighted by Gasteiger charge is -2.34. The van der Waals surface area contributed by atoms with Crippen molar-refractivity contribution in [2.24, 2.45) is 5.41 Å². The zero-order valence-electron chi connectivity index (χ0n) is 20.0. The van der Waals surface area contributed by atoms with Gasteiger partial charge in [0.2, 0.25) is 5.95 Å². The van der Waals surface area contributed by atoms with Crippen molar-refractivity contribution in [2.45, 2.75) is 33.2 Å². The van der Waals surface area contributed by atoms with Crippen LogP contribution in [0.1, 0.15) is 36.7 Å². The number of rotatable bonds is 10. The van der Waals surface area contributed by atoms with Crippen LogP contribution in [0.25, 0.3) is 0 Å². The van der Waals surface area contributed by atoms with Gasteiger partial charge in [0.25, 0.3) is 5.91 Å². The second kappa shape index (κ2) is 10.3. The first kappa shape index (κ1) is 23.9. The van der Waals surface area contributed by atoms with E-state index in [4.69, 9.17) is 9.47 Å². The highest BCUT2D eigenvalue weighted by Crippen LogP contribution is 2.29. The van der Waals surface area contributed by atoms with Crippen molar-refractivity contribution >= 4 is 17.7 Å². The molecule has 1 aliphatic rings. The summed E-state index contributed by atoms with van der Waals surface area (Å²) in [7, 11) is 5.74. The van der Waals surface area contributed by atoms with E-state index < -0.39 is 0 Å². The minimum atomic E-state index is -0.152. The Bertz CT molecular complexity index is 932. The summed E-state index contributed by atoms with van der Waals surface area (Å²) in [5, 5.41) is 3.24. The summed E-state index contributed by atoms with van der Waals surface area (Å²) in [5.41, 5.74) is 1.55. The number of ether oxygens (including phenoxy) is 2. The third-order valence-electron chi connectivity index (χ3n) is 5.22. The molecule has 2 heterocycles. The lowest BCUT2D eigenvalue weighted by molar-refractivity contribution is 0.0970. The average Bonchev–Trinajstić information content (AvgIpc) is 3.19. The van der Waals surface area contributed by atoms with E-state index in [9.17, 15) is 4.79 Å². The molecule has 0 saturated carbocycles. The molecule has 2 aromatic rings. The normalized spacial score (nSPS) is 14.1. The fourth-order valence-electron chi connectivity index (χ4n) is 4.15. The van der Waals surface area contributed by atoms with Crippen LogP contribution in [0.4, 0.5) is 11.8 Å². The summed E-state index contributed by atoms with van der Waals surface area (Å²) >= 11 is 0. The Balaban J connectivity index is 1.93. The number of nitrogens with zero attached hydrogens (tertiary/aromatic N) is 4. The largest absolute Gasteiger partial charge is 0.493 e. The molecule has 8 heteroatoms. The number of benzene rings is 1. The van der Waals surface area contributed by atoms with E-state index in [1.54, 1.807) is 24.3 Å². The zero-order valence-corrected chi connectivity index (χ0v) is 20.0. The van der Waals surface area contributed by atoms with Crippen LogP contribution in [0.2, 0.25) is 0 Å². The van der Waals surface area contributed by atoms with Crippen molar-refractivity contribution in [2.75, 3.05) is 57.7 Å². The molecule has 1 atom stereocenters. The standard InChI is InChI=1S/C24H35N5O3/c1-17(14-31-6)26-23-25-11-9-21(27-23)29(16-24(2,3)15-28(4)5)22(30)19-7-8-20-18(13-19)10-12-32-20/h7-9,11,13,17H,10,12,14-16H2,1-6H3,(H,25,26,27)/t17-/m0/s1. The summed E-state index contributed by atoms with van der Waals surface area (Å²) in [6.07, 6.45) is 2.50. The molecule has 0 fully saturated rings. The summed E-state index contributed by atoms with van der Waals surface area (Å²) in [4.78, 5) is 26.6. The molecule has 0 bridgehead atoms. The Kier molecular flexibility index (Phi) is 7.69. The monoisotopic (exact) mass is 441 g/mol. The second-order valence-electron chi connectivity index (χ2n) is 9.45. The van der Waals surface area contributed by atoms with E-state index in [0.29, 0.717) is 37.1 Å². The molecule has 32 heavy (non-hydrogen) atoms. The van der Waals surface area contributed by atoms with Crippen LogP contribution >= 0.6 is 0 Å². The third-order valence-corrected chi connectivity index (χ3v) is 5.22. The van der Waals surface area contributed by atoms with Gasteiger partial charge in [0, 0.05) is 44.4 Å². The highest BCUT2D eigenvalue weighted by Gasteiger charge is 2.29. The van der Waals surface area contributed by atoms with Gasteiger partial charge in [-0.1, -0.05) is 13.8 Å². The lowest BCUT2D eigenvalue weighted by Crippen LogP contribution is -2.43. The number of nitrogens with one attached hydrogen (secondary N) is 1. The molecule has 1 N–H and O–H groups in total. The fraction of sp³-hybridized carbons (Fsp3) is 0.542. The molecule has 0 saturated heterocycles. The van der Waals surface area contributed by atoms with Crippen LogP contribution < -0.4 is 15.0 Å². The van der Waals surface area contributed by atoms with E-state index in [2.05, 4.69) is 34.0 Å². The topological polar surface area (TPSA) is 79.8 Å². The molecule has 0 aliphatic carbocycles. The zero-order chi connectivity index (χ0) is 23.3. The maximum absolute atomic E-state index is 13.7. The first-order valence-corrected chi connectivity index (χ1v) is 11.0. The van der Waals surface area contributed by atoms with Gasteiger partial charge in [-0.2, -0.15) is 4.98 Å². The number of fused-ring (bicyclic) bond motifs is 1. The molecule has 8 nitrogen and oxygen atoms in total. The van der Waals surface area contributed by atoms with Gasteiger partial charge >= 0.3 is 0 Å². The minimum Gasteiger partial charge on any atom is -0.493 e. The van der Waals surface area contributed by atoms with Crippen molar-refractivity contribution in [3.63, 3.8) is 0 Å². The second-order valence-corrected chi connectivity index (χ2v) is 9.45. The van der Waals surface area contributed by atoms with Crippen LogP contribution in [0.3, 0.4) is 0 Å². The lowest BCUT2D eigenvalue weighted by atomic mass is 9.91. The van der Waals surface area contributed by atoms with Crippen molar-refractivity contribution in [1.82, 2.24) is 14.9 Å². The van der Waals surface area contributed by atoms with E-state index in [-0.39, 0.29) is 17.4 Å². The number of hydrogen-bond donors (Lipinski definition) is 1. The summed E-state index contributed by atoms with van der Waals surface area (Å²) in [5.74, 6) is 1.82. The fourth-order valence-corrected chi connectivity index (χ4v) is 4.15. The Morgan fingerprint density at radius 3 is 2.78 bits per heavy atom. The van der Waals surface area contributed by atoms with Crippen LogP contribution in [0, 0.1) is 5.41 Å². The van der Waals surface area contributed by atoms with Gasteiger partial charge in [-0.15, -0.1) is 0 Å². The maximum Gasteiger partial charge on any atom is 0.259 e. The minimum absolute atomic E-state index is 0.0429. The van der Waals surface area contributed by atoms with Crippen LogP contribution in [-0.2, 0) is 11.2 Å². The molecule has 1 aliphatic heterocycles. The molecule has 1 amide bonds. The SMILES string of the molecule is COC[C@H](C)Nc1nccc(N(CC(C)(C)CN(C)C)C(=O)c2ccc3c(c2)CCO3)n1. The van der Waals surface area contributed by atoms with Gasteiger partial charge < -0.3 is 19.7 Å².